The number of aryl methyl sites for hydroxylation is 2. The Hall–Kier alpha value is -1.68. The van der Waals surface area contributed by atoms with Crippen LogP contribution in [0, 0.1) is 13.8 Å². The highest BCUT2D eigenvalue weighted by Crippen LogP contribution is 2.28. The van der Waals surface area contributed by atoms with E-state index >= 15 is 0 Å². The molecule has 2 aromatic rings. The lowest BCUT2D eigenvalue weighted by molar-refractivity contribution is 0.317. The maximum absolute atomic E-state index is 6.20. The zero-order chi connectivity index (χ0) is 14.5. The first-order valence-corrected chi connectivity index (χ1v) is 7.16. The number of hydrogen-bond acceptors (Lipinski definition) is 3. The summed E-state index contributed by atoms with van der Waals surface area (Å²) in [6.07, 6.45) is 0.968. The Morgan fingerprint density at radius 1 is 1.35 bits per heavy atom. The van der Waals surface area contributed by atoms with E-state index in [1.165, 1.54) is 5.56 Å². The van der Waals surface area contributed by atoms with E-state index < -0.39 is 0 Å². The van der Waals surface area contributed by atoms with Gasteiger partial charge in [-0.25, -0.2) is 0 Å². The van der Waals surface area contributed by atoms with Crippen molar-refractivity contribution in [2.75, 3.05) is 11.9 Å². The number of nitrogens with zero attached hydrogens (tertiary/aromatic N) is 1. The molecule has 0 bridgehead atoms. The summed E-state index contributed by atoms with van der Waals surface area (Å²) >= 11 is 6.20. The van der Waals surface area contributed by atoms with Gasteiger partial charge in [-0.15, -0.1) is 0 Å². The average molecular weight is 294 g/mol. The van der Waals surface area contributed by atoms with Gasteiger partial charge in [-0.2, -0.15) is 5.10 Å². The molecule has 2 rings (SSSR count). The van der Waals surface area contributed by atoms with Crippen molar-refractivity contribution in [2.45, 2.75) is 33.7 Å². The third kappa shape index (κ3) is 3.45. The van der Waals surface area contributed by atoms with Crippen LogP contribution in [0.2, 0.25) is 5.02 Å². The van der Waals surface area contributed by atoms with Gasteiger partial charge in [0.25, 0.3) is 0 Å². The van der Waals surface area contributed by atoms with Crippen LogP contribution in [-0.4, -0.2) is 16.8 Å². The molecule has 0 saturated carbocycles. The van der Waals surface area contributed by atoms with Crippen LogP contribution in [0.3, 0.4) is 0 Å². The van der Waals surface area contributed by atoms with E-state index in [0.717, 1.165) is 35.8 Å². The summed E-state index contributed by atoms with van der Waals surface area (Å²) in [5.41, 5.74) is 4.26. The van der Waals surface area contributed by atoms with Crippen LogP contribution in [0.1, 0.15) is 30.3 Å². The van der Waals surface area contributed by atoms with Crippen molar-refractivity contribution in [3.05, 3.63) is 40.2 Å². The number of benzene rings is 1. The molecule has 0 spiro atoms. The molecule has 0 atom stereocenters. The molecular formula is C15H20ClN3O. The number of nitrogens with one attached hydrogen (secondary N) is 2. The molecule has 0 unspecified atom stereocenters. The first-order valence-electron chi connectivity index (χ1n) is 6.78. The van der Waals surface area contributed by atoms with E-state index in [4.69, 9.17) is 16.3 Å². The van der Waals surface area contributed by atoms with Crippen molar-refractivity contribution in [3.8, 4) is 5.75 Å². The molecule has 1 heterocycles. The number of aromatic amines is 1. The first kappa shape index (κ1) is 14.7. The fourth-order valence-electron chi connectivity index (χ4n) is 1.96. The van der Waals surface area contributed by atoms with Crippen molar-refractivity contribution >= 4 is 17.3 Å². The standard InChI is InChI=1S/C15H20ClN3O/c1-4-7-20-15-6-5-12(8-14(15)16)17-9-13-10(2)18-19-11(13)3/h5-6,8,17H,4,7,9H2,1-3H3,(H,18,19). The number of hydrogen-bond donors (Lipinski definition) is 2. The summed E-state index contributed by atoms with van der Waals surface area (Å²) in [6, 6.07) is 5.76. The molecule has 1 aromatic heterocycles. The lowest BCUT2D eigenvalue weighted by Gasteiger charge is -2.10. The van der Waals surface area contributed by atoms with E-state index in [1.807, 2.05) is 32.0 Å². The highest BCUT2D eigenvalue weighted by atomic mass is 35.5. The van der Waals surface area contributed by atoms with Gasteiger partial charge in [0.15, 0.2) is 0 Å². The van der Waals surface area contributed by atoms with Gasteiger partial charge < -0.3 is 10.1 Å². The third-order valence-corrected chi connectivity index (χ3v) is 3.44. The molecule has 5 heteroatoms. The van der Waals surface area contributed by atoms with Gasteiger partial charge in [0.1, 0.15) is 5.75 Å². The predicted molar refractivity (Wildman–Crippen MR) is 82.6 cm³/mol. The van der Waals surface area contributed by atoms with E-state index in [1.54, 1.807) is 0 Å². The second-order valence-corrected chi connectivity index (χ2v) is 5.17. The number of ether oxygens (including phenoxy) is 1. The minimum Gasteiger partial charge on any atom is -0.492 e. The Bertz CT molecular complexity index is 561. The molecule has 108 valence electrons. The number of halogens is 1. The number of anilines is 1. The first-order chi connectivity index (χ1) is 9.61. The molecule has 0 aliphatic rings. The van der Waals surface area contributed by atoms with Crippen molar-refractivity contribution in [3.63, 3.8) is 0 Å². The summed E-state index contributed by atoms with van der Waals surface area (Å²) in [7, 11) is 0. The molecule has 4 nitrogen and oxygen atoms in total. The lowest BCUT2D eigenvalue weighted by atomic mass is 10.2. The minimum absolute atomic E-state index is 0.629. The second-order valence-electron chi connectivity index (χ2n) is 4.76. The van der Waals surface area contributed by atoms with Crippen LogP contribution >= 0.6 is 11.6 Å². The number of rotatable bonds is 6. The minimum atomic E-state index is 0.629. The summed E-state index contributed by atoms with van der Waals surface area (Å²) in [5.74, 6) is 0.731. The van der Waals surface area contributed by atoms with E-state index in [2.05, 4.69) is 22.4 Å². The maximum Gasteiger partial charge on any atom is 0.138 e. The smallest absolute Gasteiger partial charge is 0.138 e. The molecule has 0 saturated heterocycles. The van der Waals surface area contributed by atoms with Gasteiger partial charge in [0, 0.05) is 23.5 Å². The number of H-pyrrole nitrogens is 1. The van der Waals surface area contributed by atoms with Gasteiger partial charge in [-0.1, -0.05) is 18.5 Å². The SMILES string of the molecule is CCCOc1ccc(NCc2c(C)n[nH]c2C)cc1Cl. The van der Waals surface area contributed by atoms with Crippen LogP contribution in [0.25, 0.3) is 0 Å². The van der Waals surface area contributed by atoms with Crippen molar-refractivity contribution in [1.29, 1.82) is 0 Å². The Kier molecular flexibility index (Phi) is 4.90. The van der Waals surface area contributed by atoms with Crippen LogP contribution in [0.15, 0.2) is 18.2 Å². The fourth-order valence-corrected chi connectivity index (χ4v) is 2.20. The maximum atomic E-state index is 6.20. The quantitative estimate of drug-likeness (QED) is 0.844. The average Bonchev–Trinajstić information content (AvgIpc) is 2.75. The Balaban J connectivity index is 2.02. The Morgan fingerprint density at radius 2 is 2.15 bits per heavy atom. The Morgan fingerprint density at radius 3 is 2.75 bits per heavy atom. The van der Waals surface area contributed by atoms with Crippen LogP contribution in [-0.2, 0) is 6.54 Å². The highest BCUT2D eigenvalue weighted by molar-refractivity contribution is 6.32. The van der Waals surface area contributed by atoms with E-state index in [-0.39, 0.29) is 0 Å². The van der Waals surface area contributed by atoms with Crippen molar-refractivity contribution in [2.24, 2.45) is 0 Å². The predicted octanol–water partition coefficient (Wildman–Crippen LogP) is 4.08. The van der Waals surface area contributed by atoms with Crippen molar-refractivity contribution in [1.82, 2.24) is 10.2 Å². The van der Waals surface area contributed by atoms with Crippen molar-refractivity contribution < 1.29 is 4.74 Å². The number of aromatic nitrogens is 2. The largest absolute Gasteiger partial charge is 0.492 e. The highest BCUT2D eigenvalue weighted by Gasteiger charge is 2.07. The molecular weight excluding hydrogens is 274 g/mol. The molecule has 2 N–H and O–H groups in total. The second kappa shape index (κ2) is 6.66. The summed E-state index contributed by atoms with van der Waals surface area (Å²) in [4.78, 5) is 0. The fraction of sp³-hybridized carbons (Fsp3) is 0.400. The van der Waals surface area contributed by atoms with Gasteiger partial charge in [0.05, 0.1) is 17.3 Å². The molecule has 0 amide bonds. The third-order valence-electron chi connectivity index (χ3n) is 3.14. The molecule has 0 radical (unpaired) electrons. The van der Waals surface area contributed by atoms with Crippen LogP contribution in [0.4, 0.5) is 5.69 Å². The summed E-state index contributed by atoms with van der Waals surface area (Å²) in [6.45, 7) is 7.49. The van der Waals surface area contributed by atoms with Crippen LogP contribution < -0.4 is 10.1 Å². The molecule has 0 aliphatic carbocycles. The zero-order valence-corrected chi connectivity index (χ0v) is 12.8. The van der Waals surface area contributed by atoms with Crippen LogP contribution in [0.5, 0.6) is 5.75 Å². The summed E-state index contributed by atoms with van der Waals surface area (Å²) < 4.78 is 5.55. The van der Waals surface area contributed by atoms with Gasteiger partial charge in [-0.05, 0) is 38.5 Å². The van der Waals surface area contributed by atoms with Gasteiger partial charge in [-0.3, -0.25) is 5.10 Å². The topological polar surface area (TPSA) is 49.9 Å². The molecule has 20 heavy (non-hydrogen) atoms. The molecule has 0 fully saturated rings. The van der Waals surface area contributed by atoms with E-state index in [9.17, 15) is 0 Å². The monoisotopic (exact) mass is 293 g/mol. The van der Waals surface area contributed by atoms with Gasteiger partial charge >= 0.3 is 0 Å². The molecule has 1 aromatic carbocycles. The summed E-state index contributed by atoms with van der Waals surface area (Å²) in [5, 5.41) is 11.1. The van der Waals surface area contributed by atoms with E-state index in [0.29, 0.717) is 11.6 Å². The zero-order valence-electron chi connectivity index (χ0n) is 12.1. The Labute approximate surface area is 124 Å². The van der Waals surface area contributed by atoms with Gasteiger partial charge in [0.2, 0.25) is 0 Å². The lowest BCUT2D eigenvalue weighted by Crippen LogP contribution is -2.02. The normalized spacial score (nSPS) is 10.6. The molecule has 0 aliphatic heterocycles.